The van der Waals surface area contributed by atoms with Gasteiger partial charge in [-0.1, -0.05) is 0 Å². The molecule has 1 spiro atoms. The van der Waals surface area contributed by atoms with E-state index in [-0.39, 0.29) is 17.6 Å². The van der Waals surface area contributed by atoms with Crippen molar-refractivity contribution in [1.82, 2.24) is 19.9 Å². The van der Waals surface area contributed by atoms with Crippen molar-refractivity contribution in [2.75, 3.05) is 25.0 Å². The van der Waals surface area contributed by atoms with E-state index in [0.717, 1.165) is 19.3 Å². The van der Waals surface area contributed by atoms with E-state index in [1.165, 1.54) is 6.39 Å². The van der Waals surface area contributed by atoms with Crippen LogP contribution in [-0.2, 0) is 9.53 Å². The lowest BCUT2D eigenvalue weighted by atomic mass is 9.89. The predicted molar refractivity (Wildman–Crippen MR) is 103 cm³/mol. The molecule has 0 aliphatic carbocycles. The number of carbonyl (C=O) groups excluding carboxylic acids is 1. The Morgan fingerprint density at radius 3 is 2.56 bits per heavy atom. The molecule has 0 aromatic carbocycles. The van der Waals surface area contributed by atoms with Gasteiger partial charge in [0, 0.05) is 31.6 Å². The monoisotopic (exact) mass is 457 g/mol. The smallest absolute Gasteiger partial charge is 0.475 e. The van der Waals surface area contributed by atoms with E-state index in [1.807, 2.05) is 0 Å². The molecule has 2 atom stereocenters. The molecule has 2 aromatic rings. The number of halogens is 3. The third-order valence-electron chi connectivity index (χ3n) is 5.18. The molecular weight excluding hydrogens is 435 g/mol. The molecule has 2 saturated heterocycles. The Bertz CT molecular complexity index is 939. The van der Waals surface area contributed by atoms with Gasteiger partial charge in [0.2, 0.25) is 11.7 Å². The number of alkyl halides is 3. The average molecular weight is 457 g/mol. The molecule has 2 fully saturated rings. The fraction of sp³-hybridized carbons (Fsp3) is 0.526. The van der Waals surface area contributed by atoms with Gasteiger partial charge in [-0.15, -0.1) is 0 Å². The number of hydrogen-bond donors (Lipinski definition) is 2. The predicted octanol–water partition coefficient (Wildman–Crippen LogP) is 2.28. The number of carboxylic acid groups (broad SMARTS) is 1. The van der Waals surface area contributed by atoms with Gasteiger partial charge in [0.05, 0.1) is 17.8 Å². The highest BCUT2D eigenvalue weighted by Crippen LogP contribution is 2.35. The number of ether oxygens (including phenoxy) is 1. The largest absolute Gasteiger partial charge is 0.490 e. The molecule has 0 unspecified atom stereocenters. The number of anilines is 1. The molecule has 4 heterocycles. The third-order valence-corrected chi connectivity index (χ3v) is 5.18. The minimum Gasteiger partial charge on any atom is -0.475 e. The number of likely N-dealkylation sites (tertiary alicyclic amines) is 1. The third kappa shape index (κ3) is 5.72. The number of nitrogens with one attached hydrogen (secondary N) is 1. The average Bonchev–Trinajstić information content (AvgIpc) is 3.35. The van der Waals surface area contributed by atoms with Crippen LogP contribution in [0.4, 0.5) is 19.1 Å². The molecule has 32 heavy (non-hydrogen) atoms. The van der Waals surface area contributed by atoms with Crippen LogP contribution in [0.1, 0.15) is 35.5 Å². The Balaban J connectivity index is 0.000000360. The van der Waals surface area contributed by atoms with Gasteiger partial charge < -0.3 is 24.5 Å². The molecule has 0 radical (unpaired) electrons. The number of carboxylic acids is 1. The summed E-state index contributed by atoms with van der Waals surface area (Å²) in [5, 5.41) is 10.5. The molecule has 174 valence electrons. The van der Waals surface area contributed by atoms with Crippen molar-refractivity contribution in [3.8, 4) is 0 Å². The summed E-state index contributed by atoms with van der Waals surface area (Å²) < 4.78 is 43.1. The highest BCUT2D eigenvalue weighted by Gasteiger charge is 2.45. The minimum absolute atomic E-state index is 0.114. The number of rotatable bonds is 3. The Kier molecular flexibility index (Phi) is 6.96. The molecule has 1 amide bonds. The number of oxazole rings is 1. The Labute approximate surface area is 180 Å². The fourth-order valence-corrected chi connectivity index (χ4v) is 3.66. The van der Waals surface area contributed by atoms with Crippen LogP contribution >= 0.6 is 0 Å². The number of aromatic nitrogens is 3. The summed E-state index contributed by atoms with van der Waals surface area (Å²) in [5.74, 6) is -1.92. The van der Waals surface area contributed by atoms with Crippen molar-refractivity contribution in [3.63, 3.8) is 0 Å². The summed E-state index contributed by atoms with van der Waals surface area (Å²) in [4.78, 5) is 35.8. The lowest BCUT2D eigenvalue weighted by molar-refractivity contribution is -0.192. The van der Waals surface area contributed by atoms with Gasteiger partial charge in [-0.05, 0) is 32.3 Å². The maximum Gasteiger partial charge on any atom is 0.490 e. The number of nitrogens with zero attached hydrogens (tertiary/aromatic N) is 4. The molecule has 0 bridgehead atoms. The van der Waals surface area contributed by atoms with Crippen LogP contribution in [0.2, 0.25) is 0 Å². The topological polar surface area (TPSA) is 131 Å². The highest BCUT2D eigenvalue weighted by molar-refractivity contribution is 5.92. The summed E-state index contributed by atoms with van der Waals surface area (Å²) in [6, 6.07) is 2.03. The van der Waals surface area contributed by atoms with Crippen LogP contribution in [0.15, 0.2) is 29.3 Å². The van der Waals surface area contributed by atoms with E-state index in [4.69, 9.17) is 19.1 Å². The summed E-state index contributed by atoms with van der Waals surface area (Å²) in [7, 11) is 0. The number of aryl methyl sites for hydroxylation is 1. The van der Waals surface area contributed by atoms with Crippen LogP contribution in [0, 0.1) is 6.92 Å². The SMILES string of the molecule is Cc1ncoc1C(=O)N1CC[C@@]2(C[C@H](Nc3ncccn3)CCO2)C1.O=C(O)C(F)(F)F. The van der Waals surface area contributed by atoms with Gasteiger partial charge in [0.1, 0.15) is 0 Å². The van der Waals surface area contributed by atoms with Crippen molar-refractivity contribution in [1.29, 1.82) is 0 Å². The second-order valence-corrected chi connectivity index (χ2v) is 7.48. The van der Waals surface area contributed by atoms with E-state index in [1.54, 1.807) is 30.3 Å². The zero-order chi connectivity index (χ0) is 23.4. The van der Waals surface area contributed by atoms with Crippen LogP contribution < -0.4 is 5.32 Å². The van der Waals surface area contributed by atoms with Crippen molar-refractivity contribution in [3.05, 3.63) is 36.3 Å². The maximum atomic E-state index is 12.6. The Morgan fingerprint density at radius 1 is 1.28 bits per heavy atom. The zero-order valence-corrected chi connectivity index (χ0v) is 17.1. The standard InChI is InChI=1S/C17H21N5O3.C2HF3O2/c1-12-14(24-11-20-12)15(23)22-7-4-17(10-22)9-13(3-8-25-17)21-16-18-5-2-6-19-16;3-2(4,5)1(6)7/h2,5-6,11,13H,3-4,7-10H2,1H3,(H,18,19,21);(H,6,7)/t13-,17-;/m1./s1. The van der Waals surface area contributed by atoms with E-state index in [0.29, 0.717) is 37.1 Å². The first kappa shape index (κ1) is 23.4. The lowest BCUT2D eigenvalue weighted by Crippen LogP contribution is -2.47. The summed E-state index contributed by atoms with van der Waals surface area (Å²) in [5.41, 5.74) is 0.310. The highest BCUT2D eigenvalue weighted by atomic mass is 19.4. The van der Waals surface area contributed by atoms with E-state index in [2.05, 4.69) is 20.3 Å². The van der Waals surface area contributed by atoms with Gasteiger partial charge in [0.25, 0.3) is 5.91 Å². The first-order valence-corrected chi connectivity index (χ1v) is 9.77. The zero-order valence-electron chi connectivity index (χ0n) is 17.1. The molecule has 4 rings (SSSR count). The molecule has 2 aliphatic rings. The van der Waals surface area contributed by atoms with Crippen molar-refractivity contribution < 1.29 is 37.0 Å². The van der Waals surface area contributed by atoms with Gasteiger partial charge in [0.15, 0.2) is 6.39 Å². The van der Waals surface area contributed by atoms with Gasteiger partial charge in [-0.25, -0.2) is 19.7 Å². The molecule has 10 nitrogen and oxygen atoms in total. The Morgan fingerprint density at radius 2 is 1.97 bits per heavy atom. The van der Waals surface area contributed by atoms with Crippen LogP contribution in [0.5, 0.6) is 0 Å². The fourth-order valence-electron chi connectivity index (χ4n) is 3.66. The summed E-state index contributed by atoms with van der Waals surface area (Å²) in [6.07, 6.45) is 2.21. The quantitative estimate of drug-likeness (QED) is 0.713. The number of carbonyl (C=O) groups is 2. The van der Waals surface area contributed by atoms with E-state index >= 15 is 0 Å². The summed E-state index contributed by atoms with van der Waals surface area (Å²) >= 11 is 0. The normalized spacial score (nSPS) is 22.9. The van der Waals surface area contributed by atoms with Crippen LogP contribution in [0.3, 0.4) is 0 Å². The van der Waals surface area contributed by atoms with Gasteiger partial charge in [-0.3, -0.25) is 4.79 Å². The number of aliphatic carboxylic acids is 1. The second kappa shape index (κ2) is 9.51. The molecule has 0 saturated carbocycles. The minimum atomic E-state index is -5.08. The van der Waals surface area contributed by atoms with Crippen molar-refractivity contribution in [2.24, 2.45) is 0 Å². The molecule has 2 N–H and O–H groups in total. The first-order chi connectivity index (χ1) is 15.1. The van der Waals surface area contributed by atoms with Crippen molar-refractivity contribution in [2.45, 2.75) is 44.0 Å². The second-order valence-electron chi connectivity index (χ2n) is 7.48. The van der Waals surface area contributed by atoms with Gasteiger partial charge in [-0.2, -0.15) is 13.2 Å². The van der Waals surface area contributed by atoms with E-state index < -0.39 is 12.1 Å². The molecule has 13 heteroatoms. The molecular formula is C19H22F3N5O5. The van der Waals surface area contributed by atoms with Crippen molar-refractivity contribution >= 4 is 17.8 Å². The molecule has 2 aromatic heterocycles. The van der Waals surface area contributed by atoms with Crippen LogP contribution in [0.25, 0.3) is 0 Å². The Hall–Kier alpha value is -3.22. The van der Waals surface area contributed by atoms with Crippen LogP contribution in [-0.4, -0.2) is 74.4 Å². The maximum absolute atomic E-state index is 12.6. The van der Waals surface area contributed by atoms with Gasteiger partial charge >= 0.3 is 12.1 Å². The summed E-state index contributed by atoms with van der Waals surface area (Å²) in [6.45, 7) is 3.67. The molecule has 2 aliphatic heterocycles. The van der Waals surface area contributed by atoms with E-state index in [9.17, 15) is 18.0 Å². The number of hydrogen-bond acceptors (Lipinski definition) is 8. The number of amides is 1. The first-order valence-electron chi connectivity index (χ1n) is 9.77. The lowest BCUT2D eigenvalue weighted by Gasteiger charge is -2.38.